The monoisotopic (exact) mass is 331 g/mol. The minimum Gasteiger partial charge on any atom is -0.481 e. The summed E-state index contributed by atoms with van der Waals surface area (Å²) in [5.41, 5.74) is 0.288. The van der Waals surface area contributed by atoms with E-state index in [1.54, 1.807) is 6.92 Å². The standard InChI is InChI=1S/C17H24ClF2NO/c1-5-22-16(21)11(7-6-8-18)12-9-13(17(2,3)4)15(20)10-14(12)19/h9-11,21H,5-8H2,1-4H3. The Balaban J connectivity index is 3.31. The van der Waals surface area contributed by atoms with Crippen LogP contribution in [0.1, 0.15) is 57.6 Å². The van der Waals surface area contributed by atoms with Gasteiger partial charge in [0.05, 0.1) is 12.5 Å². The first-order valence-corrected chi connectivity index (χ1v) is 8.02. The van der Waals surface area contributed by atoms with E-state index in [0.717, 1.165) is 6.07 Å². The molecule has 1 unspecified atom stereocenters. The molecule has 5 heteroatoms. The van der Waals surface area contributed by atoms with Crippen LogP contribution in [0.2, 0.25) is 0 Å². The van der Waals surface area contributed by atoms with Crippen molar-refractivity contribution in [3.05, 3.63) is 34.9 Å². The van der Waals surface area contributed by atoms with E-state index in [1.165, 1.54) is 6.07 Å². The van der Waals surface area contributed by atoms with Crippen molar-refractivity contribution in [2.24, 2.45) is 0 Å². The van der Waals surface area contributed by atoms with E-state index in [2.05, 4.69) is 0 Å². The summed E-state index contributed by atoms with van der Waals surface area (Å²) in [6, 6.07) is 2.43. The van der Waals surface area contributed by atoms with Gasteiger partial charge in [0.25, 0.3) is 0 Å². The van der Waals surface area contributed by atoms with Crippen LogP contribution in [0.4, 0.5) is 8.78 Å². The molecule has 1 rings (SSSR count). The van der Waals surface area contributed by atoms with Crippen molar-refractivity contribution in [2.45, 2.75) is 51.9 Å². The van der Waals surface area contributed by atoms with Crippen molar-refractivity contribution in [2.75, 3.05) is 12.5 Å². The molecule has 1 N–H and O–H groups in total. The largest absolute Gasteiger partial charge is 0.481 e. The zero-order valence-electron chi connectivity index (χ0n) is 13.6. The average Bonchev–Trinajstić information content (AvgIpc) is 2.40. The summed E-state index contributed by atoms with van der Waals surface area (Å²) >= 11 is 5.72. The Morgan fingerprint density at radius 3 is 2.41 bits per heavy atom. The fraction of sp³-hybridized carbons (Fsp3) is 0.588. The van der Waals surface area contributed by atoms with Crippen LogP contribution in [0.15, 0.2) is 12.1 Å². The van der Waals surface area contributed by atoms with Crippen molar-refractivity contribution in [3.8, 4) is 0 Å². The smallest absolute Gasteiger partial charge is 0.188 e. The van der Waals surface area contributed by atoms with Gasteiger partial charge in [0.1, 0.15) is 11.6 Å². The van der Waals surface area contributed by atoms with E-state index in [-0.39, 0.29) is 5.90 Å². The summed E-state index contributed by atoms with van der Waals surface area (Å²) in [6.45, 7) is 7.72. The molecule has 0 fully saturated rings. The number of hydrogen-bond donors (Lipinski definition) is 1. The van der Waals surface area contributed by atoms with E-state index in [4.69, 9.17) is 21.7 Å². The molecule has 0 aliphatic heterocycles. The van der Waals surface area contributed by atoms with Crippen molar-refractivity contribution in [3.63, 3.8) is 0 Å². The maximum Gasteiger partial charge on any atom is 0.188 e. The summed E-state index contributed by atoms with van der Waals surface area (Å²) in [7, 11) is 0. The van der Waals surface area contributed by atoms with Crippen LogP contribution in [0.25, 0.3) is 0 Å². The molecule has 0 spiro atoms. The average molecular weight is 332 g/mol. The van der Waals surface area contributed by atoms with Crippen LogP contribution in [0.3, 0.4) is 0 Å². The number of nitrogens with one attached hydrogen (secondary N) is 1. The highest BCUT2D eigenvalue weighted by molar-refractivity contribution is 6.17. The highest BCUT2D eigenvalue weighted by atomic mass is 35.5. The van der Waals surface area contributed by atoms with Gasteiger partial charge in [0, 0.05) is 17.5 Å². The first-order valence-electron chi connectivity index (χ1n) is 7.49. The highest BCUT2D eigenvalue weighted by Gasteiger charge is 2.27. The van der Waals surface area contributed by atoms with E-state index in [1.807, 2.05) is 20.8 Å². The Morgan fingerprint density at radius 2 is 1.91 bits per heavy atom. The third kappa shape index (κ3) is 4.67. The molecule has 0 aliphatic rings. The maximum atomic E-state index is 14.3. The summed E-state index contributed by atoms with van der Waals surface area (Å²) in [4.78, 5) is 0. The zero-order valence-corrected chi connectivity index (χ0v) is 14.4. The van der Waals surface area contributed by atoms with Gasteiger partial charge in [0.2, 0.25) is 0 Å². The summed E-state index contributed by atoms with van der Waals surface area (Å²) in [6.07, 6.45) is 1.12. The molecule has 124 valence electrons. The molecular formula is C17H24ClF2NO. The van der Waals surface area contributed by atoms with Gasteiger partial charge in [0.15, 0.2) is 5.90 Å². The molecular weight excluding hydrogens is 308 g/mol. The van der Waals surface area contributed by atoms with E-state index in [0.29, 0.717) is 36.5 Å². The molecule has 0 saturated heterocycles. The van der Waals surface area contributed by atoms with Crippen LogP contribution < -0.4 is 0 Å². The van der Waals surface area contributed by atoms with Crippen LogP contribution in [-0.2, 0) is 10.2 Å². The second-order valence-electron chi connectivity index (χ2n) is 6.28. The fourth-order valence-corrected chi connectivity index (χ4v) is 2.53. The normalized spacial score (nSPS) is 13.0. The Hall–Kier alpha value is -1.16. The third-order valence-corrected chi connectivity index (χ3v) is 3.78. The Bertz CT molecular complexity index is 526. The molecule has 0 saturated carbocycles. The fourth-order valence-electron chi connectivity index (χ4n) is 2.37. The quantitative estimate of drug-likeness (QED) is 0.424. The van der Waals surface area contributed by atoms with Gasteiger partial charge < -0.3 is 4.74 Å². The third-order valence-electron chi connectivity index (χ3n) is 3.51. The molecule has 1 aromatic carbocycles. The van der Waals surface area contributed by atoms with Crippen LogP contribution in [-0.4, -0.2) is 18.4 Å². The number of rotatable bonds is 6. The Morgan fingerprint density at radius 1 is 1.27 bits per heavy atom. The van der Waals surface area contributed by atoms with Crippen molar-refractivity contribution >= 4 is 17.5 Å². The lowest BCUT2D eigenvalue weighted by Gasteiger charge is -2.24. The number of halogens is 3. The van der Waals surface area contributed by atoms with Gasteiger partial charge in [-0.2, -0.15) is 0 Å². The van der Waals surface area contributed by atoms with Gasteiger partial charge in [-0.15, -0.1) is 11.6 Å². The molecule has 0 aromatic heterocycles. The second-order valence-corrected chi connectivity index (χ2v) is 6.66. The lowest BCUT2D eigenvalue weighted by Crippen LogP contribution is -2.20. The highest BCUT2D eigenvalue weighted by Crippen LogP contribution is 2.33. The van der Waals surface area contributed by atoms with Gasteiger partial charge in [-0.25, -0.2) is 8.78 Å². The number of ether oxygens (including phenoxy) is 1. The predicted octanol–water partition coefficient (Wildman–Crippen LogP) is 5.38. The number of benzene rings is 1. The van der Waals surface area contributed by atoms with Crippen LogP contribution in [0, 0.1) is 17.0 Å². The van der Waals surface area contributed by atoms with Gasteiger partial charge in [-0.05, 0) is 36.8 Å². The van der Waals surface area contributed by atoms with E-state index >= 15 is 0 Å². The summed E-state index contributed by atoms with van der Waals surface area (Å²) in [5.74, 6) is -1.33. The van der Waals surface area contributed by atoms with E-state index in [9.17, 15) is 8.78 Å². The van der Waals surface area contributed by atoms with E-state index < -0.39 is 23.0 Å². The first-order chi connectivity index (χ1) is 10.2. The maximum absolute atomic E-state index is 14.3. The van der Waals surface area contributed by atoms with Crippen molar-refractivity contribution in [1.29, 1.82) is 5.41 Å². The van der Waals surface area contributed by atoms with Crippen LogP contribution in [0.5, 0.6) is 0 Å². The molecule has 0 bridgehead atoms. The minimum atomic E-state index is -0.644. The molecule has 22 heavy (non-hydrogen) atoms. The van der Waals surface area contributed by atoms with Crippen molar-refractivity contribution < 1.29 is 13.5 Å². The van der Waals surface area contributed by atoms with Gasteiger partial charge in [-0.3, -0.25) is 5.41 Å². The zero-order chi connectivity index (χ0) is 16.9. The Labute approximate surface area is 136 Å². The lowest BCUT2D eigenvalue weighted by atomic mass is 9.83. The number of alkyl halides is 1. The van der Waals surface area contributed by atoms with Crippen molar-refractivity contribution in [1.82, 2.24) is 0 Å². The second kappa shape index (κ2) is 7.91. The topological polar surface area (TPSA) is 33.1 Å². The first kappa shape index (κ1) is 18.9. The molecule has 1 aromatic rings. The molecule has 1 atom stereocenters. The molecule has 0 heterocycles. The lowest BCUT2D eigenvalue weighted by molar-refractivity contribution is 0.304. The summed E-state index contributed by atoms with van der Waals surface area (Å²) < 4.78 is 33.6. The Kier molecular flexibility index (Phi) is 6.79. The number of hydrogen-bond acceptors (Lipinski definition) is 2. The van der Waals surface area contributed by atoms with Gasteiger partial charge >= 0.3 is 0 Å². The predicted molar refractivity (Wildman–Crippen MR) is 87.1 cm³/mol. The van der Waals surface area contributed by atoms with Gasteiger partial charge in [-0.1, -0.05) is 20.8 Å². The molecule has 0 aliphatic carbocycles. The molecule has 2 nitrogen and oxygen atoms in total. The molecule has 0 radical (unpaired) electrons. The SMILES string of the molecule is CCOC(=N)C(CCCCl)c1cc(C(C)(C)C)c(F)cc1F. The van der Waals surface area contributed by atoms with Crippen LogP contribution >= 0.6 is 11.6 Å². The minimum absolute atomic E-state index is 0.00187. The summed E-state index contributed by atoms with van der Waals surface area (Å²) in [5, 5.41) is 8.01. The molecule has 0 amide bonds.